The van der Waals surface area contributed by atoms with Gasteiger partial charge in [-0.3, -0.25) is 0 Å². The Balaban J connectivity index is 0.000000162. The van der Waals surface area contributed by atoms with Crippen LogP contribution >= 0.6 is 0 Å². The Hall–Kier alpha value is -0.0400. The summed E-state index contributed by atoms with van der Waals surface area (Å²) in [7, 11) is 0. The molecule has 15 heavy (non-hydrogen) atoms. The minimum atomic E-state index is 0. The third kappa shape index (κ3) is 4.14. The lowest BCUT2D eigenvalue weighted by atomic mass is 9.88. The van der Waals surface area contributed by atoms with E-state index in [2.05, 4.69) is 13.8 Å². The number of ether oxygens (including phenoxy) is 1. The zero-order valence-corrected chi connectivity index (χ0v) is 9.67. The lowest BCUT2D eigenvalue weighted by Crippen LogP contribution is -2.06. The highest BCUT2D eigenvalue weighted by atomic mass is 16.6. The third-order valence-electron chi connectivity index (χ3n) is 4.09. The van der Waals surface area contributed by atoms with Crippen molar-refractivity contribution in [2.24, 2.45) is 17.8 Å². The van der Waals surface area contributed by atoms with Crippen LogP contribution in [0, 0.1) is 17.8 Å². The molecule has 2 saturated carbocycles. The van der Waals surface area contributed by atoms with Gasteiger partial charge in [0.1, 0.15) is 0 Å². The highest BCUT2D eigenvalue weighted by Crippen LogP contribution is 2.51. The summed E-state index contributed by atoms with van der Waals surface area (Å²) in [5.74, 6) is 3.48. The summed E-state index contributed by atoms with van der Waals surface area (Å²) in [5.41, 5.74) is 0. The van der Waals surface area contributed by atoms with E-state index in [1.807, 2.05) is 0 Å². The Morgan fingerprint density at radius 1 is 1.00 bits per heavy atom. The predicted molar refractivity (Wildman–Crippen MR) is 66.0 cm³/mol. The number of hydrogen-bond donors (Lipinski definition) is 0. The van der Waals surface area contributed by atoms with Crippen molar-refractivity contribution >= 4 is 0 Å². The Morgan fingerprint density at radius 3 is 2.13 bits per heavy atom. The van der Waals surface area contributed by atoms with Gasteiger partial charge >= 0.3 is 0 Å². The summed E-state index contributed by atoms with van der Waals surface area (Å²) in [6.07, 6.45) is 9.51. The molecule has 0 spiro atoms. The van der Waals surface area contributed by atoms with E-state index < -0.39 is 0 Å². The van der Waals surface area contributed by atoms with Gasteiger partial charge in [-0.05, 0) is 43.4 Å². The fourth-order valence-corrected chi connectivity index (χ4v) is 2.62. The maximum absolute atomic E-state index is 4.86. The fraction of sp³-hybridized carbons (Fsp3) is 1.00. The molecule has 1 aliphatic heterocycles. The van der Waals surface area contributed by atoms with Crippen molar-refractivity contribution in [2.75, 3.05) is 6.61 Å². The van der Waals surface area contributed by atoms with Gasteiger partial charge in [-0.1, -0.05) is 34.1 Å². The SMILES string of the molecule is C.CCC1CCC2CC2C1.CCC1CO1. The van der Waals surface area contributed by atoms with Gasteiger partial charge in [0.2, 0.25) is 0 Å². The van der Waals surface area contributed by atoms with Crippen molar-refractivity contribution in [3.8, 4) is 0 Å². The summed E-state index contributed by atoms with van der Waals surface area (Å²) >= 11 is 0. The minimum Gasteiger partial charge on any atom is -0.373 e. The summed E-state index contributed by atoms with van der Waals surface area (Å²) < 4.78 is 4.86. The van der Waals surface area contributed by atoms with Crippen LogP contribution in [0.25, 0.3) is 0 Å². The van der Waals surface area contributed by atoms with Crippen molar-refractivity contribution < 1.29 is 4.74 Å². The van der Waals surface area contributed by atoms with E-state index in [1.54, 1.807) is 19.3 Å². The topological polar surface area (TPSA) is 12.5 Å². The molecule has 1 heterocycles. The van der Waals surface area contributed by atoms with Crippen LogP contribution < -0.4 is 0 Å². The van der Waals surface area contributed by atoms with E-state index in [1.165, 1.54) is 31.1 Å². The highest BCUT2D eigenvalue weighted by molar-refractivity contribution is 4.91. The second kappa shape index (κ2) is 5.89. The second-order valence-electron chi connectivity index (χ2n) is 5.21. The zero-order chi connectivity index (χ0) is 9.97. The molecule has 0 amide bonds. The first kappa shape index (κ1) is 13.0. The molecule has 3 rings (SSSR count). The van der Waals surface area contributed by atoms with Gasteiger partial charge in [0.05, 0.1) is 12.7 Å². The molecule has 4 unspecified atom stereocenters. The van der Waals surface area contributed by atoms with Crippen molar-refractivity contribution in [1.82, 2.24) is 0 Å². The lowest BCUT2D eigenvalue weighted by molar-refractivity contribution is 0.335. The van der Waals surface area contributed by atoms with Crippen LogP contribution in [0.1, 0.15) is 59.8 Å². The second-order valence-corrected chi connectivity index (χ2v) is 5.21. The van der Waals surface area contributed by atoms with Crippen LogP contribution in [-0.2, 0) is 4.74 Å². The highest BCUT2D eigenvalue weighted by Gasteiger charge is 2.41. The predicted octanol–water partition coefficient (Wildman–Crippen LogP) is 4.26. The molecule has 0 bridgehead atoms. The van der Waals surface area contributed by atoms with Gasteiger partial charge in [0.25, 0.3) is 0 Å². The standard InChI is InChI=1S/C9H16.C4H8O.CH4/c1-2-7-3-4-8-6-9(8)5-7;1-2-4-3-5-4;/h7-9H,2-6H2,1H3;4H,2-3H2,1H3;1H4. The largest absolute Gasteiger partial charge is 0.373 e. The van der Waals surface area contributed by atoms with Crippen molar-refractivity contribution in [1.29, 1.82) is 0 Å². The molecule has 4 atom stereocenters. The first-order valence-electron chi connectivity index (χ1n) is 6.45. The normalized spacial score (nSPS) is 40.4. The van der Waals surface area contributed by atoms with E-state index in [0.717, 1.165) is 12.5 Å². The van der Waals surface area contributed by atoms with Crippen LogP contribution in [0.4, 0.5) is 0 Å². The van der Waals surface area contributed by atoms with E-state index in [9.17, 15) is 0 Å². The molecule has 0 aromatic rings. The Labute approximate surface area is 95.6 Å². The first-order chi connectivity index (χ1) is 6.83. The molecule has 0 aromatic carbocycles. The average Bonchev–Trinajstić information content (AvgIpc) is 3.10. The summed E-state index contributed by atoms with van der Waals surface area (Å²) in [6.45, 7) is 5.49. The van der Waals surface area contributed by atoms with E-state index in [4.69, 9.17) is 4.74 Å². The number of epoxide rings is 1. The molecular weight excluding hydrogens is 184 g/mol. The third-order valence-corrected chi connectivity index (χ3v) is 4.09. The molecule has 90 valence electrons. The number of hydrogen-bond acceptors (Lipinski definition) is 1. The van der Waals surface area contributed by atoms with Crippen LogP contribution in [0.2, 0.25) is 0 Å². The van der Waals surface area contributed by atoms with Crippen LogP contribution in [-0.4, -0.2) is 12.7 Å². The molecule has 3 aliphatic rings. The van der Waals surface area contributed by atoms with Gasteiger partial charge in [-0.2, -0.15) is 0 Å². The molecule has 2 aliphatic carbocycles. The first-order valence-corrected chi connectivity index (χ1v) is 6.45. The van der Waals surface area contributed by atoms with Gasteiger partial charge < -0.3 is 4.74 Å². The maximum atomic E-state index is 4.86. The summed E-state index contributed by atoms with van der Waals surface area (Å²) in [4.78, 5) is 0. The van der Waals surface area contributed by atoms with Gasteiger partial charge in [0.15, 0.2) is 0 Å². The van der Waals surface area contributed by atoms with E-state index in [0.29, 0.717) is 6.10 Å². The Kier molecular flexibility index (Phi) is 5.11. The molecule has 0 aromatic heterocycles. The van der Waals surface area contributed by atoms with Crippen molar-refractivity contribution in [3.63, 3.8) is 0 Å². The molecule has 1 nitrogen and oxygen atoms in total. The van der Waals surface area contributed by atoms with Crippen LogP contribution in [0.3, 0.4) is 0 Å². The maximum Gasteiger partial charge on any atom is 0.0807 e. The van der Waals surface area contributed by atoms with E-state index in [-0.39, 0.29) is 7.43 Å². The number of rotatable bonds is 2. The molecule has 0 N–H and O–H groups in total. The average molecular weight is 212 g/mol. The van der Waals surface area contributed by atoms with Crippen molar-refractivity contribution in [2.45, 2.75) is 65.9 Å². The zero-order valence-electron chi connectivity index (χ0n) is 9.67. The summed E-state index contributed by atoms with van der Waals surface area (Å²) in [6, 6.07) is 0. The Morgan fingerprint density at radius 2 is 1.73 bits per heavy atom. The van der Waals surface area contributed by atoms with Gasteiger partial charge in [-0.15, -0.1) is 0 Å². The molecule has 0 radical (unpaired) electrons. The quantitative estimate of drug-likeness (QED) is 0.623. The number of fused-ring (bicyclic) bond motifs is 1. The van der Waals surface area contributed by atoms with Crippen molar-refractivity contribution in [3.05, 3.63) is 0 Å². The minimum absolute atomic E-state index is 0. The fourth-order valence-electron chi connectivity index (χ4n) is 2.62. The smallest absolute Gasteiger partial charge is 0.0807 e. The Bertz CT molecular complexity index is 174. The monoisotopic (exact) mass is 212 g/mol. The molecule has 3 fully saturated rings. The van der Waals surface area contributed by atoms with Gasteiger partial charge in [0, 0.05) is 0 Å². The molecule has 1 saturated heterocycles. The van der Waals surface area contributed by atoms with Crippen LogP contribution in [0.15, 0.2) is 0 Å². The van der Waals surface area contributed by atoms with Gasteiger partial charge in [-0.25, -0.2) is 0 Å². The lowest BCUT2D eigenvalue weighted by Gasteiger charge is -2.18. The molecule has 1 heteroatoms. The summed E-state index contributed by atoms with van der Waals surface area (Å²) in [5, 5.41) is 0. The van der Waals surface area contributed by atoms with E-state index >= 15 is 0 Å². The molecular formula is C14H28O. The van der Waals surface area contributed by atoms with Crippen LogP contribution in [0.5, 0.6) is 0 Å².